The maximum atomic E-state index is 10.7. The van der Waals surface area contributed by atoms with Gasteiger partial charge in [0.25, 0.3) is 0 Å². The Morgan fingerprint density at radius 3 is 2.73 bits per heavy atom. The summed E-state index contributed by atoms with van der Waals surface area (Å²) in [5, 5.41) is 8.69. The highest BCUT2D eigenvalue weighted by Gasteiger charge is 2.10. The number of aliphatic hydroxyl groups excluding tert-OH is 1. The normalized spacial score (nSPS) is 13.2. The number of nitrogens with two attached hydrogens (primary N) is 1. The Labute approximate surface area is 66.1 Å². The van der Waals surface area contributed by atoms with E-state index < -0.39 is 0 Å². The number of nitrogens with one attached hydrogen (secondary N) is 1. The average molecular weight is 161 g/mol. The molecule has 5 nitrogen and oxygen atoms in total. The summed E-state index contributed by atoms with van der Waals surface area (Å²) in [6, 6.07) is -0.0210. The zero-order chi connectivity index (χ0) is 8.85. The molecule has 0 heterocycles. The van der Waals surface area contributed by atoms with Gasteiger partial charge in [0.1, 0.15) is 0 Å². The first-order chi connectivity index (χ1) is 5.11. The van der Waals surface area contributed by atoms with E-state index >= 15 is 0 Å². The van der Waals surface area contributed by atoms with Crippen LogP contribution in [-0.2, 0) is 4.79 Å². The van der Waals surface area contributed by atoms with Gasteiger partial charge in [-0.25, -0.2) is 5.84 Å². The van der Waals surface area contributed by atoms with Crippen molar-refractivity contribution in [2.75, 3.05) is 20.2 Å². The molecule has 66 valence electrons. The van der Waals surface area contributed by atoms with Gasteiger partial charge in [-0.3, -0.25) is 15.1 Å². The molecule has 0 aliphatic heterocycles. The fourth-order valence-corrected chi connectivity index (χ4v) is 0.567. The molecule has 0 aliphatic rings. The fraction of sp³-hybridized carbons (Fsp3) is 0.833. The number of carbonyl (C=O) groups is 1. The highest BCUT2D eigenvalue weighted by atomic mass is 16.3. The summed E-state index contributed by atoms with van der Waals surface area (Å²) in [7, 11) is 1.75. The van der Waals surface area contributed by atoms with Crippen molar-refractivity contribution >= 4 is 5.91 Å². The van der Waals surface area contributed by atoms with Gasteiger partial charge < -0.3 is 5.11 Å². The topological polar surface area (TPSA) is 78.6 Å². The minimum absolute atomic E-state index is 0.0210. The van der Waals surface area contributed by atoms with Gasteiger partial charge in [0, 0.05) is 6.04 Å². The van der Waals surface area contributed by atoms with E-state index in [0.29, 0.717) is 0 Å². The van der Waals surface area contributed by atoms with Crippen molar-refractivity contribution in [3.8, 4) is 0 Å². The average Bonchev–Trinajstić information content (AvgIpc) is 2.02. The quantitative estimate of drug-likeness (QED) is 0.260. The molecule has 0 bridgehead atoms. The molecular formula is C6H15N3O2. The Morgan fingerprint density at radius 2 is 2.36 bits per heavy atom. The van der Waals surface area contributed by atoms with Crippen molar-refractivity contribution in [3.05, 3.63) is 0 Å². The molecular weight excluding hydrogens is 146 g/mol. The first-order valence-corrected chi connectivity index (χ1v) is 3.42. The second kappa shape index (κ2) is 5.06. The van der Waals surface area contributed by atoms with Gasteiger partial charge in [0.05, 0.1) is 13.2 Å². The van der Waals surface area contributed by atoms with E-state index in [-0.39, 0.29) is 25.1 Å². The van der Waals surface area contributed by atoms with E-state index in [9.17, 15) is 4.79 Å². The summed E-state index contributed by atoms with van der Waals surface area (Å²) in [4.78, 5) is 12.4. The third-order valence-electron chi connectivity index (χ3n) is 1.57. The first kappa shape index (κ1) is 10.3. The van der Waals surface area contributed by atoms with Crippen molar-refractivity contribution in [3.63, 3.8) is 0 Å². The molecule has 0 aromatic carbocycles. The minimum atomic E-state index is -0.257. The smallest absolute Gasteiger partial charge is 0.248 e. The van der Waals surface area contributed by atoms with Crippen LogP contribution in [0.3, 0.4) is 0 Å². The maximum absolute atomic E-state index is 10.7. The van der Waals surface area contributed by atoms with Crippen molar-refractivity contribution < 1.29 is 9.90 Å². The van der Waals surface area contributed by atoms with Crippen LogP contribution in [0.25, 0.3) is 0 Å². The van der Waals surface area contributed by atoms with Gasteiger partial charge in [0.2, 0.25) is 5.91 Å². The number of likely N-dealkylation sites (N-methyl/N-ethyl adjacent to an activating group) is 1. The van der Waals surface area contributed by atoms with E-state index in [1.807, 2.05) is 12.3 Å². The second-order valence-corrected chi connectivity index (χ2v) is 2.51. The summed E-state index contributed by atoms with van der Waals surface area (Å²) in [5.74, 6) is 4.62. The maximum Gasteiger partial charge on any atom is 0.248 e. The van der Waals surface area contributed by atoms with Gasteiger partial charge >= 0.3 is 0 Å². The SMILES string of the molecule is CC(CO)N(C)CC(=O)NN. The molecule has 0 saturated carbocycles. The van der Waals surface area contributed by atoms with E-state index in [1.165, 1.54) is 0 Å². The molecule has 0 rings (SSSR count). The number of carbonyl (C=O) groups excluding carboxylic acids is 1. The molecule has 1 unspecified atom stereocenters. The molecule has 11 heavy (non-hydrogen) atoms. The van der Waals surface area contributed by atoms with E-state index in [4.69, 9.17) is 10.9 Å². The molecule has 0 aliphatic carbocycles. The lowest BCUT2D eigenvalue weighted by molar-refractivity contribution is -0.122. The van der Waals surface area contributed by atoms with Crippen LogP contribution in [0, 0.1) is 0 Å². The summed E-state index contributed by atoms with van der Waals surface area (Å²) in [5.41, 5.74) is 2.01. The predicted molar refractivity (Wildman–Crippen MR) is 41.5 cm³/mol. The van der Waals surface area contributed by atoms with Crippen LogP contribution in [0.1, 0.15) is 6.92 Å². The summed E-state index contributed by atoms with van der Waals surface area (Å²) < 4.78 is 0. The molecule has 0 fully saturated rings. The lowest BCUT2D eigenvalue weighted by atomic mass is 10.3. The minimum Gasteiger partial charge on any atom is -0.395 e. The lowest BCUT2D eigenvalue weighted by Crippen LogP contribution is -2.43. The number of aliphatic hydroxyl groups is 1. The van der Waals surface area contributed by atoms with Crippen LogP contribution in [-0.4, -0.2) is 42.2 Å². The molecule has 1 amide bonds. The Hall–Kier alpha value is -0.650. The fourth-order valence-electron chi connectivity index (χ4n) is 0.567. The number of nitrogens with zero attached hydrogens (tertiary/aromatic N) is 1. The number of hydrogen-bond acceptors (Lipinski definition) is 4. The Kier molecular flexibility index (Phi) is 4.76. The summed E-state index contributed by atoms with van der Waals surface area (Å²) in [6.07, 6.45) is 0. The van der Waals surface area contributed by atoms with Gasteiger partial charge in [-0.1, -0.05) is 0 Å². The molecule has 0 spiro atoms. The molecule has 1 atom stereocenters. The number of hydrogen-bond donors (Lipinski definition) is 3. The van der Waals surface area contributed by atoms with Gasteiger partial charge in [-0.2, -0.15) is 0 Å². The number of rotatable bonds is 4. The third kappa shape index (κ3) is 3.92. The molecule has 0 radical (unpaired) electrons. The van der Waals surface area contributed by atoms with Crippen molar-refractivity contribution in [2.45, 2.75) is 13.0 Å². The first-order valence-electron chi connectivity index (χ1n) is 3.42. The van der Waals surface area contributed by atoms with Crippen LogP contribution >= 0.6 is 0 Å². The Bertz CT molecular complexity index is 129. The Morgan fingerprint density at radius 1 is 1.82 bits per heavy atom. The molecule has 0 aromatic rings. The molecule has 0 saturated heterocycles. The summed E-state index contributed by atoms with van der Waals surface area (Å²) in [6.45, 7) is 2.07. The Balaban J connectivity index is 3.67. The molecule has 0 aromatic heterocycles. The summed E-state index contributed by atoms with van der Waals surface area (Å²) >= 11 is 0. The van der Waals surface area contributed by atoms with Gasteiger partial charge in [-0.15, -0.1) is 0 Å². The van der Waals surface area contributed by atoms with E-state index in [1.54, 1.807) is 11.9 Å². The van der Waals surface area contributed by atoms with Crippen LogP contribution < -0.4 is 11.3 Å². The number of amides is 1. The van der Waals surface area contributed by atoms with Crippen molar-refractivity contribution in [2.24, 2.45) is 5.84 Å². The van der Waals surface area contributed by atoms with Crippen LogP contribution in [0.15, 0.2) is 0 Å². The second-order valence-electron chi connectivity index (χ2n) is 2.51. The molecule has 4 N–H and O–H groups in total. The van der Waals surface area contributed by atoms with Crippen molar-refractivity contribution in [1.29, 1.82) is 0 Å². The zero-order valence-electron chi connectivity index (χ0n) is 6.87. The van der Waals surface area contributed by atoms with Gasteiger partial charge in [-0.05, 0) is 14.0 Å². The highest BCUT2D eigenvalue weighted by Crippen LogP contribution is 1.91. The molecule has 5 heteroatoms. The highest BCUT2D eigenvalue weighted by molar-refractivity contribution is 5.77. The van der Waals surface area contributed by atoms with Crippen LogP contribution in [0.5, 0.6) is 0 Å². The van der Waals surface area contributed by atoms with Crippen LogP contribution in [0.4, 0.5) is 0 Å². The predicted octanol–water partition coefficient (Wildman–Crippen LogP) is -1.71. The zero-order valence-corrected chi connectivity index (χ0v) is 6.87. The monoisotopic (exact) mass is 161 g/mol. The number of hydrazine groups is 1. The standard InChI is InChI=1S/C6H15N3O2/c1-5(4-10)9(2)3-6(11)8-7/h5,10H,3-4,7H2,1-2H3,(H,8,11). The largest absolute Gasteiger partial charge is 0.395 e. The van der Waals surface area contributed by atoms with E-state index in [0.717, 1.165) is 0 Å². The lowest BCUT2D eigenvalue weighted by Gasteiger charge is -2.21. The van der Waals surface area contributed by atoms with Crippen LogP contribution in [0.2, 0.25) is 0 Å². The third-order valence-corrected chi connectivity index (χ3v) is 1.57. The van der Waals surface area contributed by atoms with E-state index in [2.05, 4.69) is 0 Å². The van der Waals surface area contributed by atoms with Crippen molar-refractivity contribution in [1.82, 2.24) is 10.3 Å². The van der Waals surface area contributed by atoms with Gasteiger partial charge in [0.15, 0.2) is 0 Å².